The highest BCUT2D eigenvalue weighted by Gasteiger charge is 2.64. The minimum Gasteiger partial charge on any atom is -0.454 e. The zero-order valence-electron chi connectivity index (χ0n) is 28.9. The molecule has 0 N–H and O–H groups in total. The predicted octanol–water partition coefficient (Wildman–Crippen LogP) is 10.9. The van der Waals surface area contributed by atoms with Gasteiger partial charge in [0.1, 0.15) is 6.10 Å². The summed E-state index contributed by atoms with van der Waals surface area (Å²) in [7, 11) is 0. The average molecular weight is 601 g/mol. The Balaban J connectivity index is 0.943. The molecule has 2 nitrogen and oxygen atoms in total. The molecule has 0 aromatic rings. The van der Waals surface area contributed by atoms with Crippen LogP contribution >= 0.6 is 0 Å². The van der Waals surface area contributed by atoms with Crippen LogP contribution < -0.4 is 0 Å². The molecule has 15 unspecified atom stereocenters. The van der Waals surface area contributed by atoms with Crippen LogP contribution in [0.1, 0.15) is 156 Å². The molecule has 0 radical (unpaired) electrons. The molecule has 15 atom stereocenters. The van der Waals surface area contributed by atoms with Gasteiger partial charge in [0.05, 0.1) is 0 Å². The van der Waals surface area contributed by atoms with E-state index in [4.69, 9.17) is 4.74 Å². The summed E-state index contributed by atoms with van der Waals surface area (Å²) in [5.74, 6) is 8.41. The zero-order valence-corrected chi connectivity index (χ0v) is 28.9. The van der Waals surface area contributed by atoms with Gasteiger partial charge in [0.2, 0.25) is 0 Å². The highest BCUT2D eigenvalue weighted by atomic mass is 16.5. The Bertz CT molecular complexity index is 1200. The number of carbonyl (C=O) groups is 1. The molecule has 44 heavy (non-hydrogen) atoms. The van der Waals surface area contributed by atoms with Crippen molar-refractivity contribution in [2.24, 2.45) is 80.8 Å². The number of fused-ring (bicyclic) bond motifs is 10. The molecule has 1 heterocycles. The number of esters is 1. The largest absolute Gasteiger partial charge is 0.454 e. The van der Waals surface area contributed by atoms with E-state index in [0.717, 1.165) is 52.9 Å². The van der Waals surface area contributed by atoms with Crippen LogP contribution in [0.25, 0.3) is 0 Å². The number of carbonyl (C=O) groups excluding carboxylic acids is 1. The molecule has 8 saturated carbocycles. The monoisotopic (exact) mass is 600 g/mol. The Labute approximate surface area is 269 Å². The molecule has 9 aliphatic rings. The molecule has 0 aromatic heterocycles. The topological polar surface area (TPSA) is 26.3 Å². The lowest BCUT2D eigenvalue weighted by Gasteiger charge is -2.60. The summed E-state index contributed by atoms with van der Waals surface area (Å²) < 4.78 is 6.51. The van der Waals surface area contributed by atoms with E-state index in [1.54, 1.807) is 0 Å². The van der Waals surface area contributed by atoms with E-state index in [2.05, 4.69) is 33.8 Å². The molecule has 0 saturated heterocycles. The first-order chi connectivity index (χ1) is 21.2. The van der Waals surface area contributed by atoms with Crippen LogP contribution in [-0.4, -0.2) is 12.1 Å². The third-order valence-corrected chi connectivity index (χ3v) is 18.8. The fourth-order valence-corrected chi connectivity index (χ4v) is 16.6. The molecule has 0 aromatic carbocycles. The minimum absolute atomic E-state index is 0.0428. The van der Waals surface area contributed by atoms with Crippen molar-refractivity contribution < 1.29 is 9.53 Å². The number of hydrogen-bond acceptors (Lipinski definition) is 2. The number of rotatable bonds is 2. The lowest BCUT2D eigenvalue weighted by Crippen LogP contribution is -2.53. The lowest BCUT2D eigenvalue weighted by molar-refractivity contribution is -0.148. The molecular weight excluding hydrogens is 536 g/mol. The van der Waals surface area contributed by atoms with Crippen LogP contribution in [0.2, 0.25) is 0 Å². The van der Waals surface area contributed by atoms with Gasteiger partial charge < -0.3 is 4.74 Å². The van der Waals surface area contributed by atoms with Gasteiger partial charge in [0, 0.05) is 11.5 Å². The molecule has 2 heteroatoms. The lowest BCUT2D eigenvalue weighted by atomic mass is 9.44. The maximum Gasteiger partial charge on any atom is 0.334 e. The van der Waals surface area contributed by atoms with Crippen molar-refractivity contribution in [1.82, 2.24) is 0 Å². The van der Waals surface area contributed by atoms with E-state index in [1.807, 2.05) is 0 Å². The Morgan fingerprint density at radius 3 is 1.68 bits per heavy atom. The molecular formula is C42H64O2. The van der Waals surface area contributed by atoms with Gasteiger partial charge in [-0.2, -0.15) is 0 Å². The molecule has 1 aliphatic heterocycles. The van der Waals surface area contributed by atoms with Crippen LogP contribution in [0.5, 0.6) is 0 Å². The van der Waals surface area contributed by atoms with E-state index in [-0.39, 0.29) is 12.1 Å². The summed E-state index contributed by atoms with van der Waals surface area (Å²) in [5, 5.41) is 0. The van der Waals surface area contributed by atoms with E-state index >= 15 is 0 Å². The fourth-order valence-electron chi connectivity index (χ4n) is 16.6. The van der Waals surface area contributed by atoms with Crippen LogP contribution in [0.3, 0.4) is 0 Å². The Morgan fingerprint density at radius 1 is 0.523 bits per heavy atom. The summed E-state index contributed by atoms with van der Waals surface area (Å²) in [6, 6.07) is 0. The number of cyclic esters (lactones) is 1. The maximum absolute atomic E-state index is 13.9. The summed E-state index contributed by atoms with van der Waals surface area (Å²) in [4.78, 5) is 13.9. The van der Waals surface area contributed by atoms with Gasteiger partial charge in [-0.3, -0.25) is 0 Å². The molecule has 244 valence electrons. The van der Waals surface area contributed by atoms with Gasteiger partial charge >= 0.3 is 5.97 Å². The molecule has 0 amide bonds. The van der Waals surface area contributed by atoms with Gasteiger partial charge in [-0.05, 0) is 184 Å². The first-order valence-corrected chi connectivity index (χ1v) is 20.1. The second kappa shape index (κ2) is 10.1. The van der Waals surface area contributed by atoms with Crippen molar-refractivity contribution in [2.45, 2.75) is 162 Å². The predicted molar refractivity (Wildman–Crippen MR) is 178 cm³/mol. The summed E-state index contributed by atoms with van der Waals surface area (Å²) >= 11 is 0. The van der Waals surface area contributed by atoms with Crippen molar-refractivity contribution in [2.75, 3.05) is 0 Å². The third kappa shape index (κ3) is 3.87. The van der Waals surface area contributed by atoms with Crippen molar-refractivity contribution in [3.05, 3.63) is 11.6 Å². The van der Waals surface area contributed by atoms with Crippen molar-refractivity contribution in [3.63, 3.8) is 0 Å². The van der Waals surface area contributed by atoms with Gasteiger partial charge in [0.15, 0.2) is 0 Å². The van der Waals surface area contributed by atoms with E-state index < -0.39 is 0 Å². The smallest absolute Gasteiger partial charge is 0.334 e. The zero-order chi connectivity index (χ0) is 30.1. The Kier molecular flexibility index (Phi) is 6.74. The molecule has 9 rings (SSSR count). The fraction of sp³-hybridized carbons (Fsp3) is 0.929. The summed E-state index contributed by atoms with van der Waals surface area (Å²) in [6.45, 7) is 10.7. The summed E-state index contributed by atoms with van der Waals surface area (Å²) in [5.41, 5.74) is 2.98. The van der Waals surface area contributed by atoms with Gasteiger partial charge in [-0.1, -0.05) is 53.4 Å². The highest BCUT2D eigenvalue weighted by molar-refractivity contribution is 5.91. The van der Waals surface area contributed by atoms with Crippen molar-refractivity contribution >= 4 is 5.97 Å². The normalized spacial score (nSPS) is 58.0. The summed E-state index contributed by atoms with van der Waals surface area (Å²) in [6.07, 6.45) is 31.0. The van der Waals surface area contributed by atoms with Crippen molar-refractivity contribution in [1.29, 1.82) is 0 Å². The molecule has 8 aliphatic carbocycles. The van der Waals surface area contributed by atoms with E-state index in [1.165, 1.54) is 128 Å². The Hall–Kier alpha value is -0.790. The van der Waals surface area contributed by atoms with Crippen LogP contribution in [0.15, 0.2) is 11.6 Å². The molecule has 0 bridgehead atoms. The van der Waals surface area contributed by atoms with E-state index in [0.29, 0.717) is 33.5 Å². The van der Waals surface area contributed by atoms with Crippen LogP contribution in [-0.2, 0) is 9.53 Å². The average Bonchev–Trinajstić information content (AvgIpc) is 3.67. The second-order valence-corrected chi connectivity index (χ2v) is 19.7. The third-order valence-electron chi connectivity index (χ3n) is 18.8. The maximum atomic E-state index is 13.9. The standard InChI is InChI=1S/C42H64O2/c1-39-21-7-5-9-26(39)11-13-28-31-15-16-33(41(31,3)23-19-34(28)39)30-25-37(44-38(30)43)36-18-17-32-29-14-12-27-10-6-8-22-40(27,2)35(29)20-24-42(32,36)4/h25-29,31-37H,5-24H2,1-4H3. The van der Waals surface area contributed by atoms with Gasteiger partial charge in [0.25, 0.3) is 0 Å². The SMILES string of the molecule is CC12CCCCC1CCC1C2CCC2(C)C(C3=CC(C4CCC5C6CCC7CCCCC7(C)C6CCC45C)OC3=O)CCC12. The first-order valence-electron chi connectivity index (χ1n) is 20.1. The van der Waals surface area contributed by atoms with Gasteiger partial charge in [-0.15, -0.1) is 0 Å². The van der Waals surface area contributed by atoms with Crippen molar-refractivity contribution in [3.8, 4) is 0 Å². The van der Waals surface area contributed by atoms with Crippen LogP contribution in [0.4, 0.5) is 0 Å². The minimum atomic E-state index is 0.0428. The quantitative estimate of drug-likeness (QED) is 0.295. The van der Waals surface area contributed by atoms with E-state index in [9.17, 15) is 4.79 Å². The number of ether oxygens (including phenoxy) is 1. The van der Waals surface area contributed by atoms with Crippen LogP contribution in [0, 0.1) is 80.8 Å². The first kappa shape index (κ1) is 29.4. The number of hydrogen-bond donors (Lipinski definition) is 0. The van der Waals surface area contributed by atoms with Gasteiger partial charge in [-0.25, -0.2) is 4.79 Å². The molecule has 8 fully saturated rings. The Morgan fingerprint density at radius 2 is 1.05 bits per heavy atom. The second-order valence-electron chi connectivity index (χ2n) is 19.7. The molecule has 0 spiro atoms. The highest BCUT2D eigenvalue weighted by Crippen LogP contribution is 2.70.